The predicted molar refractivity (Wildman–Crippen MR) is 109 cm³/mol. The Morgan fingerprint density at radius 3 is 2.64 bits per heavy atom. The Labute approximate surface area is 165 Å². The van der Waals surface area contributed by atoms with Crippen LogP contribution < -0.4 is 26.7 Å². The number of fused-ring (bicyclic) bond motifs is 1. The van der Waals surface area contributed by atoms with E-state index >= 15 is 0 Å². The summed E-state index contributed by atoms with van der Waals surface area (Å²) in [6, 6.07) is 7.34. The number of amides is 2. The third-order valence-corrected chi connectivity index (χ3v) is 7.25. The van der Waals surface area contributed by atoms with Gasteiger partial charge in [-0.2, -0.15) is 0 Å². The lowest BCUT2D eigenvalue weighted by atomic mass is 9.88. The molecular weight excluding hydrogens is 377 g/mol. The number of nitrogens with one attached hydrogen (secondary N) is 4. The highest BCUT2D eigenvalue weighted by Crippen LogP contribution is 2.38. The van der Waals surface area contributed by atoms with Crippen molar-refractivity contribution >= 4 is 29.9 Å². The number of benzene rings is 1. The molecule has 4 atom stereocenters. The molecule has 9 heteroatoms. The van der Waals surface area contributed by atoms with Crippen LogP contribution in [0.1, 0.15) is 19.3 Å². The fraction of sp³-hybridized carbons (Fsp3) is 0.579. The molecule has 1 aromatic carbocycles. The molecule has 0 bridgehead atoms. The zero-order valence-corrected chi connectivity index (χ0v) is 17.3. The number of anilines is 1. The highest BCUT2D eigenvalue weighted by atomic mass is 31.2. The Hall–Kier alpha value is -1.89. The van der Waals surface area contributed by atoms with Gasteiger partial charge in [-0.05, 0) is 38.3 Å². The first-order chi connectivity index (χ1) is 13.2. The molecule has 4 N–H and O–H groups in total. The van der Waals surface area contributed by atoms with E-state index in [-0.39, 0.29) is 42.0 Å². The quantitative estimate of drug-likeness (QED) is 0.532. The minimum absolute atomic E-state index is 0.00405. The number of para-hydroxylation sites is 1. The van der Waals surface area contributed by atoms with E-state index in [1.807, 2.05) is 24.3 Å². The number of rotatable bonds is 5. The van der Waals surface area contributed by atoms with Crippen LogP contribution in [-0.2, 0) is 14.2 Å². The highest BCUT2D eigenvalue weighted by molar-refractivity contribution is 7.70. The molecular formula is C19H28N5O3P. The van der Waals surface area contributed by atoms with Gasteiger partial charge >= 0.3 is 0 Å². The lowest BCUT2D eigenvalue weighted by Crippen LogP contribution is -2.63. The largest absolute Gasteiger partial charge is 0.381 e. The molecule has 3 aliphatic rings. The van der Waals surface area contributed by atoms with Gasteiger partial charge < -0.3 is 15.2 Å². The molecule has 2 saturated heterocycles. The maximum Gasteiger partial charge on any atom is 0.244 e. The normalized spacial score (nSPS) is 30.1. The van der Waals surface area contributed by atoms with Crippen molar-refractivity contribution in [1.29, 1.82) is 0 Å². The topological polar surface area (TPSA) is 103 Å². The Kier molecular flexibility index (Phi) is 4.98. The van der Waals surface area contributed by atoms with E-state index < -0.39 is 7.14 Å². The zero-order chi connectivity index (χ0) is 20.1. The number of nitrogens with zero attached hydrogens (tertiary/aromatic N) is 1. The van der Waals surface area contributed by atoms with Crippen LogP contribution in [0.3, 0.4) is 0 Å². The van der Waals surface area contributed by atoms with Crippen molar-refractivity contribution in [2.24, 2.45) is 11.8 Å². The Morgan fingerprint density at radius 1 is 1.25 bits per heavy atom. The zero-order valence-electron chi connectivity index (χ0n) is 16.4. The maximum atomic E-state index is 12.7. The third kappa shape index (κ3) is 3.81. The Bertz CT molecular complexity index is 837. The van der Waals surface area contributed by atoms with Crippen LogP contribution in [0.4, 0.5) is 5.69 Å². The van der Waals surface area contributed by atoms with Crippen molar-refractivity contribution < 1.29 is 14.2 Å². The third-order valence-electron chi connectivity index (χ3n) is 5.70. The summed E-state index contributed by atoms with van der Waals surface area (Å²) in [5.74, 6) is -0.131. The van der Waals surface area contributed by atoms with Gasteiger partial charge in [0.1, 0.15) is 7.14 Å². The average Bonchev–Trinajstić information content (AvgIpc) is 3.42. The molecule has 4 unspecified atom stereocenters. The number of hydrogen-bond donors (Lipinski definition) is 4. The molecule has 0 spiro atoms. The number of carbonyl (C=O) groups is 2. The van der Waals surface area contributed by atoms with Gasteiger partial charge in [0.05, 0.1) is 18.2 Å². The number of hydrogen-bond acceptors (Lipinski definition) is 6. The molecule has 2 amide bonds. The van der Waals surface area contributed by atoms with E-state index in [1.54, 1.807) is 20.4 Å². The minimum atomic E-state index is -2.48. The van der Waals surface area contributed by atoms with Gasteiger partial charge in [0.25, 0.3) is 0 Å². The predicted octanol–water partition coefficient (Wildman–Crippen LogP) is 0.480. The van der Waals surface area contributed by atoms with E-state index in [0.717, 1.165) is 23.8 Å². The molecule has 8 nitrogen and oxygen atoms in total. The monoisotopic (exact) mass is 405 g/mol. The second kappa shape index (κ2) is 7.17. The van der Waals surface area contributed by atoms with Crippen molar-refractivity contribution in [3.8, 4) is 0 Å². The Balaban J connectivity index is 1.58. The van der Waals surface area contributed by atoms with Gasteiger partial charge in [0, 0.05) is 36.4 Å². The van der Waals surface area contributed by atoms with E-state index in [0.29, 0.717) is 6.42 Å². The van der Waals surface area contributed by atoms with Gasteiger partial charge in [-0.3, -0.25) is 19.9 Å². The molecule has 28 heavy (non-hydrogen) atoms. The van der Waals surface area contributed by atoms with Crippen molar-refractivity contribution in [3.63, 3.8) is 0 Å². The lowest BCUT2D eigenvalue weighted by Gasteiger charge is -2.39. The summed E-state index contributed by atoms with van der Waals surface area (Å²) < 4.78 is 12.7. The summed E-state index contributed by atoms with van der Waals surface area (Å²) in [6.07, 6.45) is 1.95. The van der Waals surface area contributed by atoms with Crippen LogP contribution in [-0.4, -0.2) is 55.6 Å². The molecule has 0 aromatic heterocycles. The van der Waals surface area contributed by atoms with Gasteiger partial charge in [0.15, 0.2) is 0 Å². The molecule has 1 aliphatic carbocycles. The fourth-order valence-electron chi connectivity index (χ4n) is 4.10. The summed E-state index contributed by atoms with van der Waals surface area (Å²) in [6.45, 7) is 3.49. The molecule has 4 rings (SSSR count). The first-order valence-electron chi connectivity index (χ1n) is 9.75. The Morgan fingerprint density at radius 2 is 1.96 bits per heavy atom. The summed E-state index contributed by atoms with van der Waals surface area (Å²) in [5.41, 5.74) is 3.93. The summed E-state index contributed by atoms with van der Waals surface area (Å²) >= 11 is 0. The molecule has 1 aromatic rings. The lowest BCUT2D eigenvalue weighted by molar-refractivity contribution is -0.131. The second-order valence-corrected chi connectivity index (χ2v) is 11.6. The van der Waals surface area contributed by atoms with Crippen LogP contribution >= 0.6 is 7.14 Å². The second-order valence-electron chi connectivity index (χ2n) is 8.39. The SMILES string of the molecule is CN1NC2NC(NC(=O)C3CC3)CC(Nc3ccccc3P(C)(C)=O)C2C1=O. The number of hydrazine groups is 1. The molecule has 2 aliphatic heterocycles. The molecule has 2 heterocycles. The summed E-state index contributed by atoms with van der Waals surface area (Å²) in [5, 5.41) is 12.2. The van der Waals surface area contributed by atoms with Gasteiger partial charge in [-0.1, -0.05) is 12.1 Å². The average molecular weight is 405 g/mol. The van der Waals surface area contributed by atoms with Crippen LogP contribution in [0.5, 0.6) is 0 Å². The van der Waals surface area contributed by atoms with E-state index in [2.05, 4.69) is 21.4 Å². The number of carbonyl (C=O) groups excluding carboxylic acids is 2. The van der Waals surface area contributed by atoms with Gasteiger partial charge in [-0.15, -0.1) is 0 Å². The smallest absolute Gasteiger partial charge is 0.244 e. The molecule has 1 saturated carbocycles. The van der Waals surface area contributed by atoms with E-state index in [4.69, 9.17) is 0 Å². The van der Waals surface area contributed by atoms with Crippen molar-refractivity contribution in [1.82, 2.24) is 21.1 Å². The van der Waals surface area contributed by atoms with E-state index in [9.17, 15) is 14.2 Å². The first-order valence-corrected chi connectivity index (χ1v) is 12.4. The van der Waals surface area contributed by atoms with Crippen LogP contribution in [0.2, 0.25) is 0 Å². The van der Waals surface area contributed by atoms with Crippen molar-refractivity contribution in [2.75, 3.05) is 25.7 Å². The van der Waals surface area contributed by atoms with E-state index in [1.165, 1.54) is 5.01 Å². The van der Waals surface area contributed by atoms with Crippen LogP contribution in [0.25, 0.3) is 0 Å². The van der Waals surface area contributed by atoms with Crippen molar-refractivity contribution in [3.05, 3.63) is 24.3 Å². The van der Waals surface area contributed by atoms with Crippen molar-refractivity contribution in [2.45, 2.75) is 37.6 Å². The first kappa shape index (κ1) is 19.4. The molecule has 0 radical (unpaired) electrons. The van der Waals surface area contributed by atoms with Gasteiger partial charge in [-0.25, -0.2) is 5.43 Å². The highest BCUT2D eigenvalue weighted by Gasteiger charge is 2.49. The van der Waals surface area contributed by atoms with Gasteiger partial charge in [0.2, 0.25) is 11.8 Å². The standard InChI is InChI=1S/C19H28N5O3P/c1-24-19(26)16-13(20-12-6-4-5-7-14(12)28(2,3)27)10-15(21-17(16)23-24)22-18(25)11-8-9-11/h4-7,11,13,15-17,20-21,23H,8-10H2,1-3H3,(H,22,25). The minimum Gasteiger partial charge on any atom is -0.381 e. The van der Waals surface area contributed by atoms with Crippen LogP contribution in [0, 0.1) is 11.8 Å². The maximum absolute atomic E-state index is 12.7. The number of piperidine rings is 1. The van der Waals surface area contributed by atoms with Crippen LogP contribution in [0.15, 0.2) is 24.3 Å². The molecule has 152 valence electrons. The summed E-state index contributed by atoms with van der Waals surface area (Å²) in [4.78, 5) is 24.9. The summed E-state index contributed by atoms with van der Waals surface area (Å²) in [7, 11) is -0.774. The fourth-order valence-corrected chi connectivity index (χ4v) is 5.26. The molecule has 3 fully saturated rings.